The summed E-state index contributed by atoms with van der Waals surface area (Å²) in [7, 11) is 3.12. The van der Waals surface area contributed by atoms with Gasteiger partial charge in [0.2, 0.25) is 0 Å². The van der Waals surface area contributed by atoms with Crippen LogP contribution in [0, 0.1) is 0 Å². The Morgan fingerprint density at radius 1 is 0.765 bits per heavy atom. The Morgan fingerprint density at radius 2 is 1.41 bits per heavy atom. The third-order valence-corrected chi connectivity index (χ3v) is 2.01. The molecular formula is C11H24O6. The molecule has 6 heteroatoms. The first-order valence-corrected chi connectivity index (χ1v) is 5.70. The monoisotopic (exact) mass is 252 g/mol. The van der Waals surface area contributed by atoms with Crippen LogP contribution in [-0.2, 0) is 18.9 Å². The molecule has 0 aromatic heterocycles. The van der Waals surface area contributed by atoms with E-state index in [0.717, 1.165) is 0 Å². The van der Waals surface area contributed by atoms with Gasteiger partial charge in [0.25, 0.3) is 0 Å². The maximum absolute atomic E-state index is 9.44. The quantitative estimate of drug-likeness (QED) is 0.453. The maximum atomic E-state index is 9.44. The SMILES string of the molecule is COCCOCC(O)COCCC(O)COC. The summed E-state index contributed by atoms with van der Waals surface area (Å²) in [6.45, 7) is 2.08. The van der Waals surface area contributed by atoms with Crippen LogP contribution < -0.4 is 0 Å². The van der Waals surface area contributed by atoms with Crippen molar-refractivity contribution in [2.24, 2.45) is 0 Å². The van der Waals surface area contributed by atoms with Crippen molar-refractivity contribution in [3.8, 4) is 0 Å². The van der Waals surface area contributed by atoms with Gasteiger partial charge in [0.05, 0.1) is 39.1 Å². The summed E-state index contributed by atoms with van der Waals surface area (Å²) in [6, 6.07) is 0. The molecule has 0 fully saturated rings. The zero-order valence-corrected chi connectivity index (χ0v) is 10.6. The molecule has 0 amide bonds. The molecule has 6 nitrogen and oxygen atoms in total. The molecule has 0 aromatic carbocycles. The van der Waals surface area contributed by atoms with Crippen molar-refractivity contribution in [3.05, 3.63) is 0 Å². The van der Waals surface area contributed by atoms with Crippen LogP contribution in [0.25, 0.3) is 0 Å². The Kier molecular flexibility index (Phi) is 12.1. The zero-order valence-electron chi connectivity index (χ0n) is 10.6. The van der Waals surface area contributed by atoms with Crippen LogP contribution in [0.3, 0.4) is 0 Å². The van der Waals surface area contributed by atoms with Crippen LogP contribution in [0.1, 0.15) is 6.42 Å². The normalized spacial score (nSPS) is 14.8. The average Bonchev–Trinajstić information content (AvgIpc) is 2.31. The second kappa shape index (κ2) is 12.2. The van der Waals surface area contributed by atoms with E-state index < -0.39 is 12.2 Å². The van der Waals surface area contributed by atoms with E-state index in [9.17, 15) is 10.2 Å². The fraction of sp³-hybridized carbons (Fsp3) is 1.00. The van der Waals surface area contributed by atoms with Crippen LogP contribution in [0.15, 0.2) is 0 Å². The van der Waals surface area contributed by atoms with Crippen molar-refractivity contribution in [1.29, 1.82) is 0 Å². The van der Waals surface area contributed by atoms with Crippen molar-refractivity contribution in [1.82, 2.24) is 0 Å². The molecule has 0 aliphatic rings. The summed E-state index contributed by atoms with van der Waals surface area (Å²) in [5.41, 5.74) is 0. The molecule has 0 bridgehead atoms. The largest absolute Gasteiger partial charge is 0.391 e. The summed E-state index contributed by atoms with van der Waals surface area (Å²) in [5, 5.41) is 18.7. The zero-order chi connectivity index (χ0) is 12.9. The predicted molar refractivity (Wildman–Crippen MR) is 62.0 cm³/mol. The number of methoxy groups -OCH3 is 2. The molecule has 0 aromatic rings. The average molecular weight is 252 g/mol. The Bertz CT molecular complexity index is 155. The summed E-state index contributed by atoms with van der Waals surface area (Å²) in [4.78, 5) is 0. The van der Waals surface area contributed by atoms with Crippen molar-refractivity contribution in [2.45, 2.75) is 18.6 Å². The Morgan fingerprint density at radius 3 is 2.00 bits per heavy atom. The minimum atomic E-state index is -0.647. The fourth-order valence-electron chi connectivity index (χ4n) is 1.12. The van der Waals surface area contributed by atoms with Gasteiger partial charge in [0, 0.05) is 20.8 Å². The van der Waals surface area contributed by atoms with E-state index in [1.807, 2.05) is 0 Å². The third-order valence-electron chi connectivity index (χ3n) is 2.01. The smallest absolute Gasteiger partial charge is 0.101 e. The van der Waals surface area contributed by atoms with Crippen LogP contribution in [0.4, 0.5) is 0 Å². The second-order valence-electron chi connectivity index (χ2n) is 3.69. The van der Waals surface area contributed by atoms with Crippen molar-refractivity contribution in [3.63, 3.8) is 0 Å². The second-order valence-corrected chi connectivity index (χ2v) is 3.69. The lowest BCUT2D eigenvalue weighted by atomic mass is 10.3. The highest BCUT2D eigenvalue weighted by molar-refractivity contribution is 4.55. The number of hydrogen-bond donors (Lipinski definition) is 2. The van der Waals surface area contributed by atoms with Gasteiger partial charge in [0.15, 0.2) is 0 Å². The summed E-state index contributed by atoms with van der Waals surface area (Å²) < 4.78 is 19.9. The van der Waals surface area contributed by atoms with Gasteiger partial charge in [-0.2, -0.15) is 0 Å². The molecule has 0 heterocycles. The number of hydrogen-bond acceptors (Lipinski definition) is 6. The lowest BCUT2D eigenvalue weighted by Crippen LogP contribution is -2.24. The minimum Gasteiger partial charge on any atom is -0.391 e. The Labute approximate surface area is 102 Å². The molecule has 0 spiro atoms. The van der Waals surface area contributed by atoms with E-state index in [-0.39, 0.29) is 13.2 Å². The molecule has 2 N–H and O–H groups in total. The van der Waals surface area contributed by atoms with E-state index in [2.05, 4.69) is 0 Å². The summed E-state index contributed by atoms with van der Waals surface area (Å²) in [5.74, 6) is 0. The molecule has 17 heavy (non-hydrogen) atoms. The number of aliphatic hydroxyl groups excluding tert-OH is 2. The first-order valence-electron chi connectivity index (χ1n) is 5.70. The topological polar surface area (TPSA) is 77.4 Å². The van der Waals surface area contributed by atoms with Crippen LogP contribution >= 0.6 is 0 Å². The minimum absolute atomic E-state index is 0.201. The molecule has 2 atom stereocenters. The van der Waals surface area contributed by atoms with Gasteiger partial charge in [-0.3, -0.25) is 0 Å². The maximum Gasteiger partial charge on any atom is 0.101 e. The van der Waals surface area contributed by atoms with Gasteiger partial charge in [-0.15, -0.1) is 0 Å². The van der Waals surface area contributed by atoms with Crippen LogP contribution in [-0.4, -0.2) is 76.3 Å². The van der Waals surface area contributed by atoms with E-state index in [1.54, 1.807) is 7.11 Å². The van der Waals surface area contributed by atoms with Gasteiger partial charge in [0.1, 0.15) is 6.10 Å². The van der Waals surface area contributed by atoms with Gasteiger partial charge < -0.3 is 29.2 Å². The lowest BCUT2D eigenvalue weighted by molar-refractivity contribution is -0.0359. The molecule has 0 aliphatic carbocycles. The summed E-state index contributed by atoms with van der Waals surface area (Å²) >= 11 is 0. The standard InChI is InChI=1S/C11H24O6/c1-14-5-6-17-9-11(13)8-16-4-3-10(12)7-15-2/h10-13H,3-9H2,1-2H3. The highest BCUT2D eigenvalue weighted by atomic mass is 16.5. The Balaban J connectivity index is 3.23. The number of rotatable bonds is 12. The first-order chi connectivity index (χ1) is 8.20. The van der Waals surface area contributed by atoms with Crippen LogP contribution in [0.2, 0.25) is 0 Å². The van der Waals surface area contributed by atoms with Crippen molar-refractivity contribution >= 4 is 0 Å². The van der Waals surface area contributed by atoms with Crippen molar-refractivity contribution in [2.75, 3.05) is 53.9 Å². The molecule has 0 saturated heterocycles. The lowest BCUT2D eigenvalue weighted by Gasteiger charge is -2.13. The predicted octanol–water partition coefficient (Wildman–Crippen LogP) is -0.576. The first kappa shape index (κ1) is 16.8. The Hall–Kier alpha value is -0.240. The molecule has 0 radical (unpaired) electrons. The van der Waals surface area contributed by atoms with E-state index in [1.165, 1.54) is 7.11 Å². The van der Waals surface area contributed by atoms with E-state index in [4.69, 9.17) is 18.9 Å². The van der Waals surface area contributed by atoms with Crippen LogP contribution in [0.5, 0.6) is 0 Å². The molecular weight excluding hydrogens is 228 g/mol. The molecule has 0 saturated carbocycles. The third kappa shape index (κ3) is 12.0. The van der Waals surface area contributed by atoms with Gasteiger partial charge in [-0.25, -0.2) is 0 Å². The van der Waals surface area contributed by atoms with Gasteiger partial charge in [-0.05, 0) is 6.42 Å². The number of ether oxygens (including phenoxy) is 4. The van der Waals surface area contributed by atoms with Gasteiger partial charge in [-0.1, -0.05) is 0 Å². The highest BCUT2D eigenvalue weighted by Gasteiger charge is 2.06. The van der Waals surface area contributed by atoms with Crippen molar-refractivity contribution < 1.29 is 29.2 Å². The molecule has 0 rings (SSSR count). The molecule has 2 unspecified atom stereocenters. The van der Waals surface area contributed by atoms with E-state index >= 15 is 0 Å². The summed E-state index contributed by atoms with van der Waals surface area (Å²) in [6.07, 6.45) is -0.674. The van der Waals surface area contributed by atoms with Gasteiger partial charge >= 0.3 is 0 Å². The molecule has 104 valence electrons. The molecule has 0 aliphatic heterocycles. The fourth-order valence-corrected chi connectivity index (χ4v) is 1.12. The van der Waals surface area contributed by atoms with E-state index in [0.29, 0.717) is 32.8 Å². The highest BCUT2D eigenvalue weighted by Crippen LogP contribution is 1.95. The number of aliphatic hydroxyl groups is 2.